The van der Waals surface area contributed by atoms with Crippen LogP contribution in [0.5, 0.6) is 0 Å². The topological polar surface area (TPSA) is 69.8 Å². The van der Waals surface area contributed by atoms with Crippen molar-refractivity contribution in [1.29, 1.82) is 0 Å². The fourth-order valence-corrected chi connectivity index (χ4v) is 2.81. The maximum absolute atomic E-state index is 12.6. The van der Waals surface area contributed by atoms with Gasteiger partial charge in [0.25, 0.3) is 5.91 Å². The van der Waals surface area contributed by atoms with Crippen LogP contribution in [0.15, 0.2) is 24.3 Å². The number of carbonyl (C=O) groups excluding carboxylic acids is 1. The molecule has 0 bridgehead atoms. The molecule has 5 nitrogen and oxygen atoms in total. The van der Waals surface area contributed by atoms with Gasteiger partial charge in [-0.3, -0.25) is 4.79 Å². The molecule has 1 aliphatic rings. The number of aliphatic hydroxyl groups is 1. The van der Waals surface area contributed by atoms with Crippen LogP contribution in [0.3, 0.4) is 0 Å². The molecular formula is C15H21N3O2S. The van der Waals surface area contributed by atoms with Crippen LogP contribution in [0.2, 0.25) is 0 Å². The lowest BCUT2D eigenvalue weighted by atomic mass is 10.1. The molecule has 0 radical (unpaired) electrons. The van der Waals surface area contributed by atoms with E-state index in [-0.39, 0.29) is 11.9 Å². The number of amides is 1. The zero-order chi connectivity index (χ0) is 15.6. The average molecular weight is 307 g/mol. The van der Waals surface area contributed by atoms with Gasteiger partial charge in [0.1, 0.15) is 4.99 Å². The molecule has 0 aromatic heterocycles. The van der Waals surface area contributed by atoms with Crippen LogP contribution in [0.1, 0.15) is 22.3 Å². The van der Waals surface area contributed by atoms with Gasteiger partial charge in [0, 0.05) is 30.3 Å². The number of nitrogens with two attached hydrogens (primary N) is 1. The van der Waals surface area contributed by atoms with Gasteiger partial charge in [0.05, 0.1) is 6.10 Å². The van der Waals surface area contributed by atoms with E-state index in [1.54, 1.807) is 29.2 Å². The fraction of sp³-hybridized carbons (Fsp3) is 0.467. The third-order valence-corrected chi connectivity index (χ3v) is 3.88. The number of carbonyl (C=O) groups is 1. The number of benzene rings is 1. The van der Waals surface area contributed by atoms with Gasteiger partial charge >= 0.3 is 0 Å². The first-order valence-electron chi connectivity index (χ1n) is 6.92. The lowest BCUT2D eigenvalue weighted by molar-refractivity contribution is 0.0699. The SMILES string of the molecule is CN(C)CC1CC(O)CN1C(=O)c1ccc(C(N)=S)cc1. The average Bonchev–Trinajstić information content (AvgIpc) is 2.78. The van der Waals surface area contributed by atoms with Gasteiger partial charge in [0.15, 0.2) is 0 Å². The number of β-amino-alcohol motifs (C(OH)–C–C–N with tert-alkyl or cyclic N) is 1. The number of likely N-dealkylation sites (tertiary alicyclic amines) is 1. The summed E-state index contributed by atoms with van der Waals surface area (Å²) in [7, 11) is 3.93. The molecule has 1 amide bonds. The number of thiocarbonyl (C=S) groups is 1. The number of hydrogen-bond donors (Lipinski definition) is 2. The maximum atomic E-state index is 12.6. The van der Waals surface area contributed by atoms with Gasteiger partial charge in [-0.1, -0.05) is 24.4 Å². The molecule has 2 atom stereocenters. The summed E-state index contributed by atoms with van der Waals surface area (Å²) in [6.45, 7) is 1.13. The summed E-state index contributed by atoms with van der Waals surface area (Å²) in [6, 6.07) is 7.01. The Balaban J connectivity index is 2.15. The number of aliphatic hydroxyl groups excluding tert-OH is 1. The first kappa shape index (κ1) is 15.9. The Morgan fingerprint density at radius 1 is 1.38 bits per heavy atom. The van der Waals surface area contributed by atoms with Crippen LogP contribution in [0, 0.1) is 0 Å². The van der Waals surface area contributed by atoms with E-state index in [0.29, 0.717) is 23.5 Å². The zero-order valence-corrected chi connectivity index (χ0v) is 13.1. The predicted octanol–water partition coefficient (Wildman–Crippen LogP) is 0.458. The highest BCUT2D eigenvalue weighted by atomic mass is 32.1. The van der Waals surface area contributed by atoms with Crippen molar-refractivity contribution in [1.82, 2.24) is 9.80 Å². The number of hydrogen-bond acceptors (Lipinski definition) is 4. The molecule has 1 heterocycles. The van der Waals surface area contributed by atoms with Crippen molar-refractivity contribution in [3.8, 4) is 0 Å². The van der Waals surface area contributed by atoms with E-state index in [0.717, 1.165) is 12.1 Å². The summed E-state index contributed by atoms with van der Waals surface area (Å²) in [4.78, 5) is 16.7. The molecule has 2 unspecified atom stereocenters. The lowest BCUT2D eigenvalue weighted by Crippen LogP contribution is -2.41. The molecule has 0 spiro atoms. The van der Waals surface area contributed by atoms with Crippen molar-refractivity contribution < 1.29 is 9.90 Å². The van der Waals surface area contributed by atoms with Gasteiger partial charge in [-0.05, 0) is 32.6 Å². The van der Waals surface area contributed by atoms with E-state index in [4.69, 9.17) is 18.0 Å². The Morgan fingerprint density at radius 3 is 2.48 bits per heavy atom. The number of rotatable bonds is 4. The van der Waals surface area contributed by atoms with Crippen molar-refractivity contribution in [2.45, 2.75) is 18.6 Å². The molecule has 0 aliphatic carbocycles. The van der Waals surface area contributed by atoms with Crippen molar-refractivity contribution in [2.24, 2.45) is 5.73 Å². The monoisotopic (exact) mass is 307 g/mol. The Labute approximate surface area is 130 Å². The van der Waals surface area contributed by atoms with Gasteiger partial charge in [0.2, 0.25) is 0 Å². The summed E-state index contributed by atoms with van der Waals surface area (Å²) in [5, 5.41) is 9.85. The predicted molar refractivity (Wildman–Crippen MR) is 86.3 cm³/mol. The standard InChI is InChI=1S/C15H21N3O2S/c1-17(2)8-12-7-13(19)9-18(12)15(20)11-5-3-10(4-6-11)14(16)21/h3-6,12-13,19H,7-9H2,1-2H3,(H2,16,21). The first-order chi connectivity index (χ1) is 9.88. The molecule has 1 aromatic rings. The minimum absolute atomic E-state index is 0.0396. The Kier molecular flexibility index (Phi) is 4.92. The van der Waals surface area contributed by atoms with Crippen molar-refractivity contribution >= 4 is 23.1 Å². The van der Waals surface area contributed by atoms with Crippen LogP contribution in [-0.2, 0) is 0 Å². The van der Waals surface area contributed by atoms with Crippen molar-refractivity contribution in [3.63, 3.8) is 0 Å². The van der Waals surface area contributed by atoms with Crippen LogP contribution >= 0.6 is 12.2 Å². The van der Waals surface area contributed by atoms with Crippen LogP contribution in [0.4, 0.5) is 0 Å². The Bertz CT molecular complexity index is 530. The minimum Gasteiger partial charge on any atom is -0.391 e. The van der Waals surface area contributed by atoms with E-state index in [1.807, 2.05) is 19.0 Å². The summed E-state index contributed by atoms with van der Waals surface area (Å²) in [6.07, 6.45) is 0.171. The highest BCUT2D eigenvalue weighted by Gasteiger charge is 2.34. The molecule has 1 fully saturated rings. The van der Waals surface area contributed by atoms with E-state index in [2.05, 4.69) is 0 Å². The molecule has 3 N–H and O–H groups in total. The lowest BCUT2D eigenvalue weighted by Gasteiger charge is -2.27. The summed E-state index contributed by atoms with van der Waals surface area (Å²) < 4.78 is 0. The molecule has 6 heteroatoms. The van der Waals surface area contributed by atoms with Crippen molar-refractivity contribution in [3.05, 3.63) is 35.4 Å². The van der Waals surface area contributed by atoms with Gasteiger partial charge in [-0.15, -0.1) is 0 Å². The number of nitrogens with zero attached hydrogens (tertiary/aromatic N) is 2. The van der Waals surface area contributed by atoms with Crippen molar-refractivity contribution in [2.75, 3.05) is 27.2 Å². The largest absolute Gasteiger partial charge is 0.391 e. The molecule has 1 aromatic carbocycles. The number of likely N-dealkylation sites (N-methyl/N-ethyl adjacent to an activating group) is 1. The third kappa shape index (κ3) is 3.78. The third-order valence-electron chi connectivity index (χ3n) is 3.65. The quantitative estimate of drug-likeness (QED) is 0.791. The summed E-state index contributed by atoms with van der Waals surface area (Å²) in [5.74, 6) is -0.0621. The molecule has 2 rings (SSSR count). The zero-order valence-electron chi connectivity index (χ0n) is 12.3. The molecule has 1 aliphatic heterocycles. The fourth-order valence-electron chi connectivity index (χ4n) is 2.68. The van der Waals surface area contributed by atoms with E-state index in [1.165, 1.54) is 0 Å². The van der Waals surface area contributed by atoms with Crippen LogP contribution in [0.25, 0.3) is 0 Å². The smallest absolute Gasteiger partial charge is 0.254 e. The van der Waals surface area contributed by atoms with E-state index < -0.39 is 6.10 Å². The van der Waals surface area contributed by atoms with Crippen LogP contribution < -0.4 is 5.73 Å². The van der Waals surface area contributed by atoms with Gasteiger partial charge < -0.3 is 20.6 Å². The molecule has 1 saturated heterocycles. The molecule has 21 heavy (non-hydrogen) atoms. The van der Waals surface area contributed by atoms with Crippen LogP contribution in [-0.4, -0.2) is 65.1 Å². The van der Waals surface area contributed by atoms with Gasteiger partial charge in [-0.2, -0.15) is 0 Å². The Morgan fingerprint density at radius 2 is 1.95 bits per heavy atom. The second-order valence-electron chi connectivity index (χ2n) is 5.70. The first-order valence-corrected chi connectivity index (χ1v) is 7.33. The molecule has 114 valence electrons. The van der Waals surface area contributed by atoms with Gasteiger partial charge in [-0.25, -0.2) is 0 Å². The normalized spacial score (nSPS) is 21.8. The minimum atomic E-state index is -0.449. The summed E-state index contributed by atoms with van der Waals surface area (Å²) >= 11 is 4.90. The van der Waals surface area contributed by atoms with E-state index >= 15 is 0 Å². The second-order valence-corrected chi connectivity index (χ2v) is 6.14. The Hall–Kier alpha value is -1.50. The molecule has 0 saturated carbocycles. The van der Waals surface area contributed by atoms with E-state index in [9.17, 15) is 9.90 Å². The maximum Gasteiger partial charge on any atom is 0.254 e. The summed E-state index contributed by atoms with van der Waals surface area (Å²) in [5.41, 5.74) is 6.89. The second kappa shape index (κ2) is 6.51. The highest BCUT2D eigenvalue weighted by Crippen LogP contribution is 2.21. The molecular weight excluding hydrogens is 286 g/mol. The highest BCUT2D eigenvalue weighted by molar-refractivity contribution is 7.80.